The van der Waals surface area contributed by atoms with E-state index in [2.05, 4.69) is 57.4 Å². The molecule has 2 aromatic rings. The van der Waals surface area contributed by atoms with Crippen LogP contribution < -0.4 is 9.22 Å². The third-order valence-electron chi connectivity index (χ3n) is 3.47. The Kier molecular flexibility index (Phi) is 3.91. The van der Waals surface area contributed by atoms with E-state index >= 15 is 0 Å². The maximum Gasteiger partial charge on any atom is 0.132 e. The number of aryl methyl sites for hydroxylation is 1. The lowest BCUT2D eigenvalue weighted by Crippen LogP contribution is -2.39. The normalized spacial score (nSPS) is 11.4. The van der Waals surface area contributed by atoms with Gasteiger partial charge in [0.25, 0.3) is 0 Å². The molecule has 0 N–H and O–H groups in total. The zero-order valence-corrected chi connectivity index (χ0v) is 12.2. The van der Waals surface area contributed by atoms with Gasteiger partial charge in [-0.2, -0.15) is 0 Å². The minimum Gasteiger partial charge on any atom is -0.497 e. The lowest BCUT2D eigenvalue weighted by atomic mass is 10.1. The molecule has 0 amide bonds. The van der Waals surface area contributed by atoms with E-state index in [0.717, 1.165) is 16.8 Å². The van der Waals surface area contributed by atoms with Gasteiger partial charge >= 0.3 is 0 Å². The molecular formula is C17H22NO+. The number of rotatable bonds is 4. The number of quaternary nitrogens is 1. The second-order valence-corrected chi connectivity index (χ2v) is 5.53. The maximum atomic E-state index is 5.19. The molecule has 0 aliphatic heterocycles. The highest BCUT2D eigenvalue weighted by Gasteiger charge is 2.19. The van der Waals surface area contributed by atoms with Crippen molar-refractivity contribution in [3.05, 3.63) is 59.7 Å². The highest BCUT2D eigenvalue weighted by molar-refractivity contribution is 5.44. The molecule has 0 aromatic heterocycles. The van der Waals surface area contributed by atoms with Crippen molar-refractivity contribution in [2.24, 2.45) is 0 Å². The molecule has 0 atom stereocenters. The fraction of sp³-hybridized carbons (Fsp3) is 0.294. The summed E-state index contributed by atoms with van der Waals surface area (Å²) in [6.45, 7) is 3.08. The molecule has 100 valence electrons. The zero-order valence-electron chi connectivity index (χ0n) is 12.2. The van der Waals surface area contributed by atoms with Crippen LogP contribution in [0, 0.1) is 6.92 Å². The second-order valence-electron chi connectivity index (χ2n) is 5.53. The zero-order chi connectivity index (χ0) is 13.9. The Balaban J connectivity index is 2.17. The van der Waals surface area contributed by atoms with Crippen molar-refractivity contribution < 1.29 is 4.74 Å². The average Bonchev–Trinajstić information content (AvgIpc) is 2.40. The molecular weight excluding hydrogens is 234 g/mol. The molecule has 2 rings (SSSR count). The summed E-state index contributed by atoms with van der Waals surface area (Å²) in [5, 5.41) is 0. The van der Waals surface area contributed by atoms with Crippen molar-refractivity contribution in [1.82, 2.24) is 4.48 Å². The lowest BCUT2D eigenvalue weighted by molar-refractivity contribution is 0.390. The molecule has 2 heteroatoms. The van der Waals surface area contributed by atoms with E-state index in [9.17, 15) is 0 Å². The van der Waals surface area contributed by atoms with Crippen LogP contribution in [0.15, 0.2) is 48.5 Å². The fourth-order valence-corrected chi connectivity index (χ4v) is 2.23. The quantitative estimate of drug-likeness (QED) is 0.757. The van der Waals surface area contributed by atoms with Crippen molar-refractivity contribution in [3.8, 4) is 5.75 Å². The van der Waals surface area contributed by atoms with E-state index in [1.54, 1.807) is 7.11 Å². The minimum atomic E-state index is 0.840. The molecule has 0 aliphatic rings. The molecule has 2 nitrogen and oxygen atoms in total. The van der Waals surface area contributed by atoms with Gasteiger partial charge in [-0.1, -0.05) is 17.7 Å². The Bertz CT molecular complexity index is 526. The summed E-state index contributed by atoms with van der Waals surface area (Å²) in [5.74, 6) is 0.907. The van der Waals surface area contributed by atoms with Gasteiger partial charge in [0.1, 0.15) is 18.0 Å². The number of nitrogens with zero attached hydrogens (tertiary/aromatic N) is 1. The first-order valence-corrected chi connectivity index (χ1v) is 6.54. The minimum absolute atomic E-state index is 0.840. The van der Waals surface area contributed by atoms with Gasteiger partial charge in [-0.3, -0.25) is 4.48 Å². The van der Waals surface area contributed by atoms with E-state index in [0.29, 0.717) is 0 Å². The SMILES string of the molecule is COc1ccc(C[N+](C)(C)c2ccc(C)cc2)cc1. The van der Waals surface area contributed by atoms with Crippen LogP contribution >= 0.6 is 0 Å². The Morgan fingerprint density at radius 1 is 0.895 bits per heavy atom. The van der Waals surface area contributed by atoms with Crippen LogP contribution in [0.4, 0.5) is 5.69 Å². The number of ether oxygens (including phenoxy) is 1. The Hall–Kier alpha value is -1.80. The summed E-state index contributed by atoms with van der Waals surface area (Å²) in [6.07, 6.45) is 0. The van der Waals surface area contributed by atoms with Crippen molar-refractivity contribution in [2.45, 2.75) is 13.5 Å². The van der Waals surface area contributed by atoms with E-state index in [1.807, 2.05) is 12.1 Å². The Morgan fingerprint density at radius 2 is 1.47 bits per heavy atom. The maximum absolute atomic E-state index is 5.19. The molecule has 2 aromatic carbocycles. The Labute approximate surface area is 115 Å². The number of methoxy groups -OCH3 is 1. The van der Waals surface area contributed by atoms with E-state index in [-0.39, 0.29) is 0 Å². The van der Waals surface area contributed by atoms with Crippen molar-refractivity contribution >= 4 is 5.69 Å². The highest BCUT2D eigenvalue weighted by atomic mass is 16.5. The van der Waals surface area contributed by atoms with Gasteiger partial charge < -0.3 is 4.74 Å². The molecule has 0 aliphatic carbocycles. The van der Waals surface area contributed by atoms with Gasteiger partial charge in [-0.15, -0.1) is 0 Å². The smallest absolute Gasteiger partial charge is 0.132 e. The highest BCUT2D eigenvalue weighted by Crippen LogP contribution is 2.23. The summed E-state index contributed by atoms with van der Waals surface area (Å²) in [6, 6.07) is 17.1. The third kappa shape index (κ3) is 3.36. The number of benzene rings is 2. The molecule has 0 saturated heterocycles. The summed E-state index contributed by atoms with van der Waals surface area (Å²) in [4.78, 5) is 0. The standard InChI is InChI=1S/C17H22NO/c1-14-5-9-16(10-6-14)18(2,3)13-15-7-11-17(19-4)12-8-15/h5-12H,13H2,1-4H3/q+1. The van der Waals surface area contributed by atoms with Crippen molar-refractivity contribution in [2.75, 3.05) is 21.2 Å². The molecule has 0 unspecified atom stereocenters. The van der Waals surface area contributed by atoms with Gasteiger partial charge in [0.2, 0.25) is 0 Å². The predicted molar refractivity (Wildman–Crippen MR) is 81.5 cm³/mol. The summed E-state index contributed by atoms with van der Waals surface area (Å²) in [5.41, 5.74) is 3.93. The third-order valence-corrected chi connectivity index (χ3v) is 3.47. The molecule has 0 spiro atoms. The summed E-state index contributed by atoms with van der Waals surface area (Å²) in [7, 11) is 6.16. The first-order chi connectivity index (χ1) is 9.01. The molecule has 0 fully saturated rings. The van der Waals surface area contributed by atoms with Gasteiger partial charge in [0.05, 0.1) is 21.2 Å². The largest absolute Gasteiger partial charge is 0.497 e. The van der Waals surface area contributed by atoms with Gasteiger partial charge in [-0.25, -0.2) is 0 Å². The van der Waals surface area contributed by atoms with Crippen LogP contribution in [0.3, 0.4) is 0 Å². The van der Waals surface area contributed by atoms with Crippen LogP contribution in [0.25, 0.3) is 0 Å². The molecule has 19 heavy (non-hydrogen) atoms. The topological polar surface area (TPSA) is 9.23 Å². The first kappa shape index (κ1) is 13.6. The van der Waals surface area contributed by atoms with Crippen LogP contribution in [0.5, 0.6) is 5.75 Å². The van der Waals surface area contributed by atoms with E-state index in [1.165, 1.54) is 16.8 Å². The van der Waals surface area contributed by atoms with Crippen LogP contribution in [-0.4, -0.2) is 21.2 Å². The van der Waals surface area contributed by atoms with Crippen LogP contribution in [0.1, 0.15) is 11.1 Å². The number of hydrogen-bond donors (Lipinski definition) is 0. The Morgan fingerprint density at radius 3 is 2.00 bits per heavy atom. The molecule has 0 heterocycles. The van der Waals surface area contributed by atoms with Gasteiger partial charge in [-0.05, 0) is 43.3 Å². The van der Waals surface area contributed by atoms with E-state index in [4.69, 9.17) is 4.74 Å². The average molecular weight is 256 g/mol. The van der Waals surface area contributed by atoms with Crippen molar-refractivity contribution in [1.29, 1.82) is 0 Å². The number of hydrogen-bond acceptors (Lipinski definition) is 1. The van der Waals surface area contributed by atoms with E-state index < -0.39 is 0 Å². The molecule has 0 radical (unpaired) electrons. The van der Waals surface area contributed by atoms with Gasteiger partial charge in [0.15, 0.2) is 0 Å². The van der Waals surface area contributed by atoms with Crippen molar-refractivity contribution in [3.63, 3.8) is 0 Å². The molecule has 0 bridgehead atoms. The van der Waals surface area contributed by atoms with Crippen LogP contribution in [-0.2, 0) is 6.54 Å². The molecule has 0 saturated carbocycles. The first-order valence-electron chi connectivity index (χ1n) is 6.54. The fourth-order valence-electron chi connectivity index (χ4n) is 2.23. The predicted octanol–water partition coefficient (Wildman–Crippen LogP) is 3.77. The monoisotopic (exact) mass is 256 g/mol. The summed E-state index contributed by atoms with van der Waals surface area (Å²) < 4.78 is 6.03. The lowest BCUT2D eigenvalue weighted by Gasteiger charge is -2.29. The second kappa shape index (κ2) is 5.45. The van der Waals surface area contributed by atoms with Crippen LogP contribution in [0.2, 0.25) is 0 Å². The van der Waals surface area contributed by atoms with Gasteiger partial charge in [0, 0.05) is 5.56 Å². The summed E-state index contributed by atoms with van der Waals surface area (Å²) >= 11 is 0.